The van der Waals surface area contributed by atoms with Gasteiger partial charge in [-0.25, -0.2) is 4.98 Å². The van der Waals surface area contributed by atoms with Gasteiger partial charge in [-0.05, 0) is 24.9 Å². The second-order valence-electron chi connectivity index (χ2n) is 5.83. The fraction of sp³-hybridized carbons (Fsp3) is 0.412. The van der Waals surface area contributed by atoms with Gasteiger partial charge in [-0.15, -0.1) is 24.8 Å². The van der Waals surface area contributed by atoms with E-state index in [0.717, 1.165) is 29.5 Å². The summed E-state index contributed by atoms with van der Waals surface area (Å²) >= 11 is 3.50. The van der Waals surface area contributed by atoms with Crippen molar-refractivity contribution >= 4 is 46.7 Å². The molecule has 1 atom stereocenters. The quantitative estimate of drug-likeness (QED) is 0.753. The van der Waals surface area contributed by atoms with Crippen LogP contribution in [0.4, 0.5) is 0 Å². The molecule has 1 unspecified atom stereocenters. The largest absolute Gasteiger partial charge is 0.441 e. The van der Waals surface area contributed by atoms with Gasteiger partial charge < -0.3 is 15.1 Å². The average Bonchev–Trinajstić information content (AvgIpc) is 3.22. The number of hydrogen-bond acceptors (Lipinski definition) is 4. The lowest BCUT2D eigenvalue weighted by Gasteiger charge is -2.15. The number of rotatable bonds is 5. The molecule has 1 aliphatic heterocycles. The number of aryl methyl sites for hydroxylation is 1. The molecule has 0 saturated carbocycles. The zero-order valence-corrected chi connectivity index (χ0v) is 16.9. The molecule has 2 heterocycles. The molecule has 0 radical (unpaired) electrons. The Morgan fingerprint density at radius 2 is 2.12 bits per heavy atom. The number of halogens is 3. The van der Waals surface area contributed by atoms with E-state index in [1.165, 1.54) is 0 Å². The average molecular weight is 451 g/mol. The van der Waals surface area contributed by atoms with Crippen LogP contribution in [0, 0.1) is 5.92 Å². The number of oxazole rings is 1. The number of hydrogen-bond donors (Lipinski definition) is 1. The molecule has 1 saturated heterocycles. The van der Waals surface area contributed by atoms with Gasteiger partial charge in [0.05, 0.1) is 6.20 Å². The topological polar surface area (TPSA) is 72.4 Å². The molecule has 1 fully saturated rings. The zero-order chi connectivity index (χ0) is 16.2. The lowest BCUT2D eigenvalue weighted by Crippen LogP contribution is -2.30. The van der Waals surface area contributed by atoms with Crippen LogP contribution in [0.15, 0.2) is 39.4 Å². The highest BCUT2D eigenvalue weighted by molar-refractivity contribution is 9.10. The van der Waals surface area contributed by atoms with Gasteiger partial charge in [0.2, 0.25) is 5.91 Å². The molecule has 1 aromatic carbocycles. The fourth-order valence-electron chi connectivity index (χ4n) is 2.83. The first-order valence-corrected chi connectivity index (χ1v) is 8.64. The summed E-state index contributed by atoms with van der Waals surface area (Å²) in [6, 6.07) is 7.83. The van der Waals surface area contributed by atoms with E-state index in [1.807, 2.05) is 29.2 Å². The van der Waals surface area contributed by atoms with Crippen LogP contribution in [0.5, 0.6) is 0 Å². The van der Waals surface area contributed by atoms with Crippen LogP contribution < -0.4 is 5.73 Å². The highest BCUT2D eigenvalue weighted by atomic mass is 79.9. The Hall–Kier alpha value is -1.08. The number of amides is 1. The Balaban J connectivity index is 0.00000156. The van der Waals surface area contributed by atoms with E-state index in [-0.39, 0.29) is 30.7 Å². The minimum Gasteiger partial charge on any atom is -0.441 e. The molecule has 5 nitrogen and oxygen atoms in total. The van der Waals surface area contributed by atoms with Crippen LogP contribution in [0.3, 0.4) is 0 Å². The SMILES string of the molecule is Cl.Cl.NCC1CCN(C(=O)CCc2ncc(-c3ccccc3Br)o2)C1. The lowest BCUT2D eigenvalue weighted by molar-refractivity contribution is -0.130. The summed E-state index contributed by atoms with van der Waals surface area (Å²) in [6.45, 7) is 2.25. The molecule has 0 aliphatic carbocycles. The smallest absolute Gasteiger partial charge is 0.223 e. The predicted molar refractivity (Wildman–Crippen MR) is 106 cm³/mol. The van der Waals surface area contributed by atoms with Gasteiger partial charge in [0.25, 0.3) is 0 Å². The molecule has 0 spiro atoms. The van der Waals surface area contributed by atoms with Crippen molar-refractivity contribution in [3.63, 3.8) is 0 Å². The van der Waals surface area contributed by atoms with E-state index in [2.05, 4.69) is 20.9 Å². The number of carbonyl (C=O) groups is 1. The number of likely N-dealkylation sites (tertiary alicyclic amines) is 1. The van der Waals surface area contributed by atoms with Crippen molar-refractivity contribution in [2.24, 2.45) is 11.7 Å². The van der Waals surface area contributed by atoms with Gasteiger partial charge in [0, 0.05) is 36.0 Å². The highest BCUT2D eigenvalue weighted by Gasteiger charge is 2.25. The van der Waals surface area contributed by atoms with Crippen molar-refractivity contribution in [2.45, 2.75) is 19.3 Å². The van der Waals surface area contributed by atoms with Gasteiger partial charge >= 0.3 is 0 Å². The van der Waals surface area contributed by atoms with Crippen molar-refractivity contribution < 1.29 is 9.21 Å². The van der Waals surface area contributed by atoms with E-state index in [4.69, 9.17) is 10.2 Å². The summed E-state index contributed by atoms with van der Waals surface area (Å²) in [7, 11) is 0. The Bertz CT molecular complexity index is 696. The minimum absolute atomic E-state index is 0. The Kier molecular flexibility index (Phi) is 8.93. The Morgan fingerprint density at radius 1 is 1.36 bits per heavy atom. The maximum absolute atomic E-state index is 12.2. The molecule has 8 heteroatoms. The number of nitrogens with two attached hydrogens (primary N) is 1. The van der Waals surface area contributed by atoms with Crippen LogP contribution >= 0.6 is 40.7 Å². The number of benzene rings is 1. The second-order valence-corrected chi connectivity index (χ2v) is 6.68. The summed E-state index contributed by atoms with van der Waals surface area (Å²) in [5.41, 5.74) is 6.63. The van der Waals surface area contributed by atoms with Crippen LogP contribution in [0.1, 0.15) is 18.7 Å². The summed E-state index contributed by atoms with van der Waals surface area (Å²) < 4.78 is 6.74. The summed E-state index contributed by atoms with van der Waals surface area (Å²) in [5.74, 6) is 1.91. The van der Waals surface area contributed by atoms with E-state index in [9.17, 15) is 4.79 Å². The van der Waals surface area contributed by atoms with Gasteiger partial charge in [0.1, 0.15) is 0 Å². The first-order chi connectivity index (χ1) is 11.2. The van der Waals surface area contributed by atoms with Crippen LogP contribution in [0.2, 0.25) is 0 Å². The number of aromatic nitrogens is 1. The molecule has 138 valence electrons. The fourth-order valence-corrected chi connectivity index (χ4v) is 3.32. The Morgan fingerprint density at radius 3 is 2.80 bits per heavy atom. The third kappa shape index (κ3) is 5.45. The van der Waals surface area contributed by atoms with E-state index >= 15 is 0 Å². The molecular weight excluding hydrogens is 429 g/mol. The third-order valence-corrected chi connectivity index (χ3v) is 4.91. The maximum atomic E-state index is 12.2. The van der Waals surface area contributed by atoms with Gasteiger partial charge in [-0.3, -0.25) is 4.79 Å². The second kappa shape index (κ2) is 10.2. The monoisotopic (exact) mass is 449 g/mol. The van der Waals surface area contributed by atoms with Crippen molar-refractivity contribution in [1.82, 2.24) is 9.88 Å². The van der Waals surface area contributed by atoms with E-state index in [1.54, 1.807) is 6.20 Å². The Labute approximate surface area is 168 Å². The van der Waals surface area contributed by atoms with Gasteiger partial charge in [-0.2, -0.15) is 0 Å². The minimum atomic E-state index is 0. The predicted octanol–water partition coefficient (Wildman–Crippen LogP) is 3.69. The summed E-state index contributed by atoms with van der Waals surface area (Å²) in [4.78, 5) is 18.4. The van der Waals surface area contributed by atoms with Gasteiger partial charge in [0.15, 0.2) is 11.7 Å². The van der Waals surface area contributed by atoms with Crippen LogP contribution in [0.25, 0.3) is 11.3 Å². The lowest BCUT2D eigenvalue weighted by atomic mass is 10.1. The normalized spacial score (nSPS) is 16.2. The van der Waals surface area contributed by atoms with Gasteiger partial charge in [-0.1, -0.05) is 34.1 Å². The molecule has 1 aromatic heterocycles. The first kappa shape index (κ1) is 22.0. The molecule has 2 aromatic rings. The molecule has 25 heavy (non-hydrogen) atoms. The van der Waals surface area contributed by atoms with Crippen molar-refractivity contribution in [1.29, 1.82) is 0 Å². The molecular formula is C17H22BrCl2N3O2. The van der Waals surface area contributed by atoms with Crippen molar-refractivity contribution in [2.75, 3.05) is 19.6 Å². The molecule has 0 bridgehead atoms. The molecule has 1 aliphatic rings. The third-order valence-electron chi connectivity index (χ3n) is 4.22. The summed E-state index contributed by atoms with van der Waals surface area (Å²) in [6.07, 6.45) is 3.66. The van der Waals surface area contributed by atoms with Crippen molar-refractivity contribution in [3.8, 4) is 11.3 Å². The van der Waals surface area contributed by atoms with Crippen molar-refractivity contribution in [3.05, 3.63) is 40.8 Å². The number of carbonyl (C=O) groups excluding carboxylic acids is 1. The summed E-state index contributed by atoms with van der Waals surface area (Å²) in [5, 5.41) is 0. The zero-order valence-electron chi connectivity index (χ0n) is 13.7. The molecule has 1 amide bonds. The van der Waals surface area contributed by atoms with E-state index < -0.39 is 0 Å². The molecule has 2 N–H and O–H groups in total. The maximum Gasteiger partial charge on any atom is 0.223 e. The number of nitrogens with zero attached hydrogens (tertiary/aromatic N) is 2. The standard InChI is InChI=1S/C17H20BrN3O2.2ClH/c18-14-4-2-1-3-13(14)15-10-20-16(23-15)5-6-17(22)21-8-7-12(9-19)11-21;;/h1-4,10,12H,5-9,11,19H2;2*1H. The molecule has 3 rings (SSSR count). The van der Waals surface area contributed by atoms with Crippen LogP contribution in [-0.4, -0.2) is 35.4 Å². The highest BCUT2D eigenvalue weighted by Crippen LogP contribution is 2.28. The van der Waals surface area contributed by atoms with Crippen LogP contribution in [-0.2, 0) is 11.2 Å². The first-order valence-electron chi connectivity index (χ1n) is 7.85. The van der Waals surface area contributed by atoms with E-state index in [0.29, 0.717) is 37.0 Å².